The van der Waals surface area contributed by atoms with E-state index >= 15 is 0 Å². The quantitative estimate of drug-likeness (QED) is 0.875. The molecule has 0 aliphatic heterocycles. The summed E-state index contributed by atoms with van der Waals surface area (Å²) >= 11 is 1.32. The molecule has 0 saturated carbocycles. The van der Waals surface area contributed by atoms with Crippen molar-refractivity contribution < 1.29 is 13.6 Å². The third kappa shape index (κ3) is 4.33. The van der Waals surface area contributed by atoms with E-state index in [1.54, 1.807) is 24.5 Å². The fourth-order valence-electron chi connectivity index (χ4n) is 1.41. The summed E-state index contributed by atoms with van der Waals surface area (Å²) in [7, 11) is 0. The van der Waals surface area contributed by atoms with Gasteiger partial charge in [-0.2, -0.15) is 0 Å². The summed E-state index contributed by atoms with van der Waals surface area (Å²) < 4.78 is 25.9. The highest BCUT2D eigenvalue weighted by Gasteiger charge is 2.06. The second kappa shape index (κ2) is 6.29. The van der Waals surface area contributed by atoms with Crippen molar-refractivity contribution in [1.29, 1.82) is 0 Å². The van der Waals surface area contributed by atoms with Crippen molar-refractivity contribution in [2.24, 2.45) is 0 Å². The van der Waals surface area contributed by atoms with Gasteiger partial charge in [0.2, 0.25) is 5.91 Å². The minimum atomic E-state index is -0.725. The van der Waals surface area contributed by atoms with Gasteiger partial charge < -0.3 is 5.32 Å². The van der Waals surface area contributed by atoms with Gasteiger partial charge in [-0.05, 0) is 24.3 Å². The zero-order valence-electron chi connectivity index (χ0n) is 9.77. The molecule has 0 spiro atoms. The molecule has 3 nitrogen and oxygen atoms in total. The van der Waals surface area contributed by atoms with Crippen molar-refractivity contribution in [3.8, 4) is 0 Å². The van der Waals surface area contributed by atoms with Gasteiger partial charge >= 0.3 is 0 Å². The first kappa shape index (κ1) is 13.5. The van der Waals surface area contributed by atoms with Gasteiger partial charge in [-0.25, -0.2) is 8.78 Å². The number of nitrogens with one attached hydrogen (secondary N) is 1. The first-order chi connectivity index (χ1) is 9.13. The molecule has 0 bridgehead atoms. The first-order valence-electron chi connectivity index (χ1n) is 5.42. The third-order valence-electron chi connectivity index (χ3n) is 2.17. The molecule has 0 saturated heterocycles. The molecule has 2 rings (SSSR count). The van der Waals surface area contributed by atoms with E-state index in [1.165, 1.54) is 11.8 Å². The molecule has 0 unspecified atom stereocenters. The molecule has 1 aromatic heterocycles. The van der Waals surface area contributed by atoms with Crippen LogP contribution >= 0.6 is 11.8 Å². The van der Waals surface area contributed by atoms with Gasteiger partial charge in [0.15, 0.2) is 0 Å². The van der Waals surface area contributed by atoms with Crippen molar-refractivity contribution in [1.82, 2.24) is 4.98 Å². The van der Waals surface area contributed by atoms with Crippen LogP contribution in [0.1, 0.15) is 0 Å². The highest BCUT2D eigenvalue weighted by atomic mass is 32.2. The summed E-state index contributed by atoms with van der Waals surface area (Å²) in [5.41, 5.74) is 0.109. The maximum absolute atomic E-state index is 12.9. The van der Waals surface area contributed by atoms with Gasteiger partial charge in [0.1, 0.15) is 11.6 Å². The maximum Gasteiger partial charge on any atom is 0.234 e. The first-order valence-corrected chi connectivity index (χ1v) is 6.41. The number of thioether (sulfide) groups is 1. The monoisotopic (exact) mass is 280 g/mol. The highest BCUT2D eigenvalue weighted by molar-refractivity contribution is 8.00. The Morgan fingerprint density at radius 1 is 1.16 bits per heavy atom. The minimum absolute atomic E-state index is 0.109. The lowest BCUT2D eigenvalue weighted by Gasteiger charge is -2.05. The number of carbonyl (C=O) groups excluding carboxylic acids is 1. The fraction of sp³-hybridized carbons (Fsp3) is 0.0769. The largest absolute Gasteiger partial charge is 0.325 e. The molecular weight excluding hydrogens is 270 g/mol. The number of rotatable bonds is 4. The van der Waals surface area contributed by atoms with Crippen LogP contribution in [0.3, 0.4) is 0 Å². The van der Waals surface area contributed by atoms with E-state index in [9.17, 15) is 13.6 Å². The Kier molecular flexibility index (Phi) is 4.46. The minimum Gasteiger partial charge on any atom is -0.325 e. The molecule has 1 heterocycles. The van der Waals surface area contributed by atoms with Crippen LogP contribution in [-0.2, 0) is 4.79 Å². The number of hydrogen-bond donors (Lipinski definition) is 1. The van der Waals surface area contributed by atoms with Crippen molar-refractivity contribution in [3.05, 3.63) is 54.4 Å². The second-order valence-corrected chi connectivity index (χ2v) is 4.73. The summed E-state index contributed by atoms with van der Waals surface area (Å²) in [6.45, 7) is 0. The lowest BCUT2D eigenvalue weighted by molar-refractivity contribution is -0.113. The normalized spacial score (nSPS) is 10.2. The Morgan fingerprint density at radius 2 is 1.79 bits per heavy atom. The van der Waals surface area contributed by atoms with Gasteiger partial charge in [0.25, 0.3) is 0 Å². The van der Waals surface area contributed by atoms with Crippen LogP contribution in [-0.4, -0.2) is 16.6 Å². The van der Waals surface area contributed by atoms with Gasteiger partial charge in [-0.3, -0.25) is 9.78 Å². The van der Waals surface area contributed by atoms with E-state index in [2.05, 4.69) is 10.3 Å². The number of halogens is 2. The number of nitrogens with zero attached hydrogens (tertiary/aromatic N) is 1. The number of benzene rings is 1. The zero-order valence-corrected chi connectivity index (χ0v) is 10.6. The van der Waals surface area contributed by atoms with E-state index in [-0.39, 0.29) is 17.3 Å². The number of amides is 1. The Balaban J connectivity index is 1.91. The van der Waals surface area contributed by atoms with Crippen molar-refractivity contribution in [3.63, 3.8) is 0 Å². The molecule has 0 radical (unpaired) electrons. The Hall–Kier alpha value is -1.95. The molecule has 0 fully saturated rings. The predicted octanol–water partition coefficient (Wildman–Crippen LogP) is 3.09. The van der Waals surface area contributed by atoms with Crippen LogP contribution in [0.2, 0.25) is 0 Å². The topological polar surface area (TPSA) is 42.0 Å². The molecule has 19 heavy (non-hydrogen) atoms. The number of anilines is 1. The lowest BCUT2D eigenvalue weighted by Crippen LogP contribution is -2.14. The molecule has 1 N–H and O–H groups in total. The van der Waals surface area contributed by atoms with Gasteiger partial charge in [0.05, 0.1) is 5.75 Å². The third-order valence-corrected chi connectivity index (χ3v) is 3.18. The van der Waals surface area contributed by atoms with Crippen LogP contribution in [0.15, 0.2) is 47.6 Å². The summed E-state index contributed by atoms with van der Waals surface area (Å²) in [6.07, 6.45) is 3.25. The van der Waals surface area contributed by atoms with Crippen LogP contribution in [0, 0.1) is 11.6 Å². The molecule has 0 aliphatic carbocycles. The Morgan fingerprint density at radius 3 is 2.42 bits per heavy atom. The van der Waals surface area contributed by atoms with Gasteiger partial charge in [0, 0.05) is 29.0 Å². The van der Waals surface area contributed by atoms with Crippen LogP contribution in [0.5, 0.6) is 0 Å². The lowest BCUT2D eigenvalue weighted by atomic mass is 10.3. The Bertz CT molecular complexity index is 558. The number of hydrogen-bond acceptors (Lipinski definition) is 3. The standard InChI is InChI=1S/C13H10F2N2OS/c14-9-5-10(15)7-11(6-9)17-13(18)8-19-12-1-3-16-4-2-12/h1-7H,8H2,(H,17,18). The number of pyridine rings is 1. The molecule has 1 amide bonds. The average Bonchev–Trinajstić information content (AvgIpc) is 2.36. The average molecular weight is 280 g/mol. The smallest absolute Gasteiger partial charge is 0.234 e. The fourth-order valence-corrected chi connectivity index (χ4v) is 2.09. The molecular formula is C13H10F2N2OS. The molecule has 0 atom stereocenters. The Labute approximate surface area is 113 Å². The predicted molar refractivity (Wildman–Crippen MR) is 69.9 cm³/mol. The van der Waals surface area contributed by atoms with Crippen molar-refractivity contribution >= 4 is 23.4 Å². The molecule has 6 heteroatoms. The summed E-state index contributed by atoms with van der Waals surface area (Å²) in [6, 6.07) is 6.44. The van der Waals surface area contributed by atoms with E-state index in [4.69, 9.17) is 0 Å². The van der Waals surface area contributed by atoms with E-state index < -0.39 is 11.6 Å². The van der Waals surface area contributed by atoms with E-state index in [1.807, 2.05) is 0 Å². The maximum atomic E-state index is 12.9. The summed E-state index contributed by atoms with van der Waals surface area (Å²) in [4.78, 5) is 16.4. The van der Waals surface area contributed by atoms with Crippen molar-refractivity contribution in [2.45, 2.75) is 4.90 Å². The molecule has 1 aromatic carbocycles. The molecule has 2 aromatic rings. The number of aromatic nitrogens is 1. The van der Waals surface area contributed by atoms with Crippen LogP contribution in [0.25, 0.3) is 0 Å². The number of carbonyl (C=O) groups is 1. The zero-order chi connectivity index (χ0) is 13.7. The molecule has 98 valence electrons. The summed E-state index contributed by atoms with van der Waals surface area (Å²) in [5.74, 6) is -1.62. The highest BCUT2D eigenvalue weighted by Crippen LogP contribution is 2.17. The van der Waals surface area contributed by atoms with Gasteiger partial charge in [-0.1, -0.05) is 0 Å². The van der Waals surface area contributed by atoms with Gasteiger partial charge in [-0.15, -0.1) is 11.8 Å². The van der Waals surface area contributed by atoms with Crippen LogP contribution in [0.4, 0.5) is 14.5 Å². The summed E-state index contributed by atoms with van der Waals surface area (Å²) in [5, 5.41) is 2.44. The second-order valence-electron chi connectivity index (χ2n) is 3.68. The van der Waals surface area contributed by atoms with E-state index in [0.717, 1.165) is 23.1 Å². The molecule has 0 aliphatic rings. The SMILES string of the molecule is O=C(CSc1ccncc1)Nc1cc(F)cc(F)c1. The van der Waals surface area contributed by atoms with Crippen molar-refractivity contribution in [2.75, 3.05) is 11.1 Å². The van der Waals surface area contributed by atoms with Crippen LogP contribution < -0.4 is 5.32 Å². The van der Waals surface area contributed by atoms with E-state index in [0.29, 0.717) is 0 Å².